The van der Waals surface area contributed by atoms with E-state index in [1.54, 1.807) is 0 Å². The van der Waals surface area contributed by atoms with E-state index in [0.717, 1.165) is 30.8 Å². The molecule has 0 aromatic heterocycles. The Morgan fingerprint density at radius 2 is 2.33 bits per heavy atom. The van der Waals surface area contributed by atoms with Crippen molar-refractivity contribution < 1.29 is 4.79 Å². The molecule has 0 spiro atoms. The van der Waals surface area contributed by atoms with Gasteiger partial charge in [-0.3, -0.25) is 4.79 Å². The number of carbonyl (C=O) groups is 1. The minimum absolute atomic E-state index is 0.235. The number of nitrogens with two attached hydrogens (primary N) is 1. The van der Waals surface area contributed by atoms with Crippen LogP contribution in [0, 0.1) is 5.92 Å². The molecule has 1 heterocycles. The first-order chi connectivity index (χ1) is 8.69. The molecule has 0 aliphatic carbocycles. The first kappa shape index (κ1) is 12.9. The van der Waals surface area contributed by atoms with Gasteiger partial charge < -0.3 is 10.6 Å². The molecule has 1 amide bonds. The highest BCUT2D eigenvalue weighted by Crippen LogP contribution is 2.20. The quantitative estimate of drug-likeness (QED) is 0.833. The Labute approximate surface area is 109 Å². The second-order valence-corrected chi connectivity index (χ2v) is 5.18. The zero-order chi connectivity index (χ0) is 13.0. The Hall–Kier alpha value is -1.51. The van der Waals surface area contributed by atoms with E-state index in [-0.39, 0.29) is 5.91 Å². The molecule has 0 bridgehead atoms. The lowest BCUT2D eigenvalue weighted by molar-refractivity contribution is -0.132. The van der Waals surface area contributed by atoms with E-state index in [1.807, 2.05) is 29.2 Å². The highest BCUT2D eigenvalue weighted by atomic mass is 16.2. The maximum absolute atomic E-state index is 12.2. The molecule has 1 saturated heterocycles. The highest BCUT2D eigenvalue weighted by molar-refractivity contribution is 5.79. The van der Waals surface area contributed by atoms with Gasteiger partial charge in [-0.25, -0.2) is 0 Å². The molecule has 0 radical (unpaired) electrons. The van der Waals surface area contributed by atoms with Crippen LogP contribution < -0.4 is 5.73 Å². The van der Waals surface area contributed by atoms with E-state index < -0.39 is 0 Å². The van der Waals surface area contributed by atoms with Crippen molar-refractivity contribution in [3.05, 3.63) is 29.8 Å². The summed E-state index contributed by atoms with van der Waals surface area (Å²) < 4.78 is 0. The lowest BCUT2D eigenvalue weighted by Crippen LogP contribution is -2.40. The maximum Gasteiger partial charge on any atom is 0.226 e. The average molecular weight is 246 g/mol. The van der Waals surface area contributed by atoms with Gasteiger partial charge in [0.05, 0.1) is 6.42 Å². The number of carbonyl (C=O) groups excluding carboxylic acids is 1. The van der Waals surface area contributed by atoms with Crippen LogP contribution in [0.15, 0.2) is 24.3 Å². The third kappa shape index (κ3) is 3.25. The van der Waals surface area contributed by atoms with Crippen LogP contribution in [-0.4, -0.2) is 23.9 Å². The fraction of sp³-hybridized carbons (Fsp3) is 0.533. The predicted molar refractivity (Wildman–Crippen MR) is 74.2 cm³/mol. The third-order valence-electron chi connectivity index (χ3n) is 3.76. The van der Waals surface area contributed by atoms with Gasteiger partial charge in [-0.2, -0.15) is 0 Å². The molecule has 18 heavy (non-hydrogen) atoms. The van der Waals surface area contributed by atoms with E-state index in [9.17, 15) is 4.79 Å². The summed E-state index contributed by atoms with van der Waals surface area (Å²) in [4.78, 5) is 14.2. The van der Waals surface area contributed by atoms with E-state index in [1.165, 1.54) is 12.8 Å². The smallest absolute Gasteiger partial charge is 0.226 e. The normalized spacial score (nSPS) is 19.8. The summed E-state index contributed by atoms with van der Waals surface area (Å²) >= 11 is 0. The van der Waals surface area contributed by atoms with Crippen LogP contribution >= 0.6 is 0 Å². The van der Waals surface area contributed by atoms with Gasteiger partial charge in [-0.05, 0) is 36.5 Å². The maximum atomic E-state index is 12.2. The first-order valence-corrected chi connectivity index (χ1v) is 6.81. The van der Waals surface area contributed by atoms with Gasteiger partial charge in [-0.1, -0.05) is 25.5 Å². The molecule has 98 valence electrons. The Morgan fingerprint density at radius 1 is 1.50 bits per heavy atom. The molecule has 0 saturated carbocycles. The third-order valence-corrected chi connectivity index (χ3v) is 3.76. The van der Waals surface area contributed by atoms with Crippen LogP contribution in [0.3, 0.4) is 0 Å². The number of likely N-dealkylation sites (tertiary alicyclic amines) is 1. The van der Waals surface area contributed by atoms with Gasteiger partial charge >= 0.3 is 0 Å². The topological polar surface area (TPSA) is 46.3 Å². The minimum atomic E-state index is 0.235. The van der Waals surface area contributed by atoms with E-state index in [4.69, 9.17) is 5.73 Å². The number of piperidine rings is 1. The van der Waals surface area contributed by atoms with Gasteiger partial charge in [-0.15, -0.1) is 0 Å². The summed E-state index contributed by atoms with van der Waals surface area (Å²) in [5, 5.41) is 0. The lowest BCUT2D eigenvalue weighted by Gasteiger charge is -2.32. The van der Waals surface area contributed by atoms with Gasteiger partial charge in [0.15, 0.2) is 0 Å². The fourth-order valence-corrected chi connectivity index (χ4v) is 2.61. The highest BCUT2D eigenvalue weighted by Gasteiger charge is 2.22. The van der Waals surface area contributed by atoms with Crippen LogP contribution in [0.4, 0.5) is 5.69 Å². The van der Waals surface area contributed by atoms with Crippen molar-refractivity contribution in [1.29, 1.82) is 0 Å². The number of nitrogen functional groups attached to an aromatic ring is 1. The average Bonchev–Trinajstić information content (AvgIpc) is 2.39. The van der Waals surface area contributed by atoms with Crippen molar-refractivity contribution in [3.8, 4) is 0 Å². The predicted octanol–water partition coefficient (Wildman–Crippen LogP) is 2.46. The molecule has 1 aliphatic rings. The zero-order valence-electron chi connectivity index (χ0n) is 11.1. The van der Waals surface area contributed by atoms with Gasteiger partial charge in [0.1, 0.15) is 0 Å². The molecular formula is C15H22N2O. The van der Waals surface area contributed by atoms with Crippen molar-refractivity contribution in [2.45, 2.75) is 32.6 Å². The van der Waals surface area contributed by atoms with Gasteiger partial charge in [0.25, 0.3) is 0 Å². The minimum Gasteiger partial charge on any atom is -0.399 e. The number of benzene rings is 1. The number of hydrogen-bond acceptors (Lipinski definition) is 2. The van der Waals surface area contributed by atoms with Gasteiger partial charge in [0, 0.05) is 18.8 Å². The van der Waals surface area contributed by atoms with Crippen molar-refractivity contribution in [1.82, 2.24) is 4.90 Å². The zero-order valence-corrected chi connectivity index (χ0v) is 11.1. The molecular weight excluding hydrogens is 224 g/mol. The van der Waals surface area contributed by atoms with Crippen molar-refractivity contribution in [2.24, 2.45) is 5.92 Å². The standard InChI is InChI=1S/C15H22N2O/c1-2-12-6-4-8-17(11-12)15(18)10-13-5-3-7-14(16)9-13/h3,5,7,9,12H,2,4,6,8,10-11,16H2,1H3. The molecule has 2 N–H and O–H groups in total. The van der Waals surface area contributed by atoms with Crippen LogP contribution in [0.2, 0.25) is 0 Å². The molecule has 3 nitrogen and oxygen atoms in total. The lowest BCUT2D eigenvalue weighted by atomic mass is 9.95. The summed E-state index contributed by atoms with van der Waals surface area (Å²) in [6.07, 6.45) is 4.04. The summed E-state index contributed by atoms with van der Waals surface area (Å²) in [5.74, 6) is 0.919. The molecule has 3 heteroatoms. The van der Waals surface area contributed by atoms with Crippen LogP contribution in [0.25, 0.3) is 0 Å². The number of hydrogen-bond donors (Lipinski definition) is 1. The molecule has 1 aromatic rings. The Balaban J connectivity index is 1.95. The van der Waals surface area contributed by atoms with Crippen LogP contribution in [0.1, 0.15) is 31.7 Å². The monoisotopic (exact) mass is 246 g/mol. The van der Waals surface area contributed by atoms with E-state index in [2.05, 4.69) is 6.92 Å². The molecule has 1 atom stereocenters. The largest absolute Gasteiger partial charge is 0.399 e. The Morgan fingerprint density at radius 3 is 3.06 bits per heavy atom. The van der Waals surface area contributed by atoms with Crippen molar-refractivity contribution >= 4 is 11.6 Å². The van der Waals surface area contributed by atoms with Crippen molar-refractivity contribution in [2.75, 3.05) is 18.8 Å². The van der Waals surface area contributed by atoms with Crippen molar-refractivity contribution in [3.63, 3.8) is 0 Å². The second kappa shape index (κ2) is 5.89. The number of rotatable bonds is 3. The second-order valence-electron chi connectivity index (χ2n) is 5.18. The molecule has 1 fully saturated rings. The fourth-order valence-electron chi connectivity index (χ4n) is 2.61. The number of anilines is 1. The molecule has 1 aliphatic heterocycles. The molecule has 2 rings (SSSR count). The van der Waals surface area contributed by atoms with E-state index in [0.29, 0.717) is 12.3 Å². The summed E-state index contributed by atoms with van der Waals surface area (Å²) in [5.41, 5.74) is 7.47. The van der Waals surface area contributed by atoms with Crippen LogP contribution in [0.5, 0.6) is 0 Å². The molecule has 1 aromatic carbocycles. The van der Waals surface area contributed by atoms with Crippen LogP contribution in [-0.2, 0) is 11.2 Å². The SMILES string of the molecule is CCC1CCCN(C(=O)Cc2cccc(N)c2)C1. The first-order valence-electron chi connectivity index (χ1n) is 6.81. The Bertz CT molecular complexity index is 417. The molecule has 1 unspecified atom stereocenters. The van der Waals surface area contributed by atoms with E-state index >= 15 is 0 Å². The Kier molecular flexibility index (Phi) is 4.24. The summed E-state index contributed by atoms with van der Waals surface area (Å²) in [6.45, 7) is 4.05. The number of amides is 1. The summed E-state index contributed by atoms with van der Waals surface area (Å²) in [7, 11) is 0. The number of nitrogens with zero attached hydrogens (tertiary/aromatic N) is 1. The summed E-state index contributed by atoms with van der Waals surface area (Å²) in [6, 6.07) is 7.61. The van der Waals surface area contributed by atoms with Gasteiger partial charge in [0.2, 0.25) is 5.91 Å².